The summed E-state index contributed by atoms with van der Waals surface area (Å²) in [4.78, 5) is 23.5. The first-order valence-corrected chi connectivity index (χ1v) is 12.4. The van der Waals surface area contributed by atoms with Gasteiger partial charge in [-0.15, -0.1) is 0 Å². The molecule has 0 radical (unpaired) electrons. The zero-order chi connectivity index (χ0) is 26.4. The van der Waals surface area contributed by atoms with Gasteiger partial charge in [-0.25, -0.2) is 0 Å². The van der Waals surface area contributed by atoms with Gasteiger partial charge in [0.1, 0.15) is 5.75 Å². The highest BCUT2D eigenvalue weighted by atomic mass is 16.5. The maximum Gasteiger partial charge on any atom is 0.303 e. The molecule has 6 heteroatoms. The molecule has 190 valence electrons. The molecule has 1 unspecified atom stereocenters. The number of anilines is 1. The molecule has 0 bridgehead atoms. The van der Waals surface area contributed by atoms with Crippen molar-refractivity contribution in [2.45, 2.75) is 39.7 Å². The van der Waals surface area contributed by atoms with Gasteiger partial charge in [-0.2, -0.15) is 0 Å². The second-order valence-electron chi connectivity index (χ2n) is 9.19. The molecule has 4 aromatic rings. The zero-order valence-electron chi connectivity index (χ0n) is 21.4. The predicted molar refractivity (Wildman–Crippen MR) is 148 cm³/mol. The Balaban J connectivity index is 1.47. The standard InChI is InChI=1S/C31H32N2O4/c1-21-9-4-5-10-26(21)23(3)33-17-16-25-20-24(14-15-28(25)33)22(2)19-30(34)32-27-11-6-7-12-29(27)37-18-8-13-31(35)36/h4-7,9-12,14-17,19-20,23H,8,13,18H2,1-3H3,(H,32,34)(H,35,36)/b22-19+. The fraction of sp³-hybridized carbons (Fsp3) is 0.226. The van der Waals surface area contributed by atoms with Gasteiger partial charge >= 0.3 is 5.97 Å². The molecule has 1 aromatic heterocycles. The Morgan fingerprint density at radius 1 is 1.05 bits per heavy atom. The minimum atomic E-state index is -0.860. The minimum absolute atomic E-state index is 0.0367. The van der Waals surface area contributed by atoms with E-state index in [0.717, 1.165) is 22.0 Å². The van der Waals surface area contributed by atoms with E-state index in [-0.39, 0.29) is 25.0 Å². The number of benzene rings is 3. The molecule has 6 nitrogen and oxygen atoms in total. The molecule has 0 aliphatic heterocycles. The third-order valence-electron chi connectivity index (χ3n) is 6.52. The third kappa shape index (κ3) is 6.28. The molecule has 2 N–H and O–H groups in total. The number of carboxylic acid groups (broad SMARTS) is 1. The Morgan fingerprint density at radius 3 is 2.59 bits per heavy atom. The minimum Gasteiger partial charge on any atom is -0.491 e. The van der Waals surface area contributed by atoms with Gasteiger partial charge in [0.15, 0.2) is 0 Å². The number of carbonyl (C=O) groups excluding carboxylic acids is 1. The van der Waals surface area contributed by atoms with Gasteiger partial charge in [0.25, 0.3) is 0 Å². The summed E-state index contributed by atoms with van der Waals surface area (Å²) in [6, 6.07) is 24.2. The summed E-state index contributed by atoms with van der Waals surface area (Å²) >= 11 is 0. The SMILES string of the molecule is C/C(=C\C(=O)Nc1ccccc1OCCCC(=O)O)c1ccc2c(ccn2C(C)c2ccccc2C)c1. The number of para-hydroxylation sites is 2. The number of carbonyl (C=O) groups is 2. The summed E-state index contributed by atoms with van der Waals surface area (Å²) < 4.78 is 7.96. The van der Waals surface area contributed by atoms with Crippen molar-refractivity contribution in [2.24, 2.45) is 0 Å². The van der Waals surface area contributed by atoms with Crippen molar-refractivity contribution in [1.82, 2.24) is 4.57 Å². The van der Waals surface area contributed by atoms with Gasteiger partial charge in [-0.1, -0.05) is 42.5 Å². The van der Waals surface area contributed by atoms with Crippen LogP contribution in [-0.2, 0) is 9.59 Å². The van der Waals surface area contributed by atoms with Gasteiger partial charge in [0.2, 0.25) is 5.91 Å². The number of aromatic nitrogens is 1. The van der Waals surface area contributed by atoms with Gasteiger partial charge in [-0.05, 0) is 79.8 Å². The number of aryl methyl sites for hydroxylation is 1. The van der Waals surface area contributed by atoms with Crippen LogP contribution < -0.4 is 10.1 Å². The van der Waals surface area contributed by atoms with Crippen LogP contribution in [0.5, 0.6) is 5.75 Å². The molecule has 1 amide bonds. The largest absolute Gasteiger partial charge is 0.491 e. The fourth-order valence-electron chi connectivity index (χ4n) is 4.50. The number of fused-ring (bicyclic) bond motifs is 1. The maximum absolute atomic E-state index is 12.8. The summed E-state index contributed by atoms with van der Waals surface area (Å²) in [7, 11) is 0. The van der Waals surface area contributed by atoms with E-state index in [1.165, 1.54) is 11.1 Å². The fourth-order valence-corrected chi connectivity index (χ4v) is 4.50. The molecule has 1 heterocycles. The van der Waals surface area contributed by atoms with Gasteiger partial charge in [0.05, 0.1) is 18.3 Å². The number of hydrogen-bond donors (Lipinski definition) is 2. The highest BCUT2D eigenvalue weighted by molar-refractivity contribution is 6.04. The first-order chi connectivity index (χ1) is 17.8. The Labute approximate surface area is 217 Å². The Morgan fingerprint density at radius 2 is 1.81 bits per heavy atom. The average molecular weight is 497 g/mol. The molecule has 0 spiro atoms. The molecule has 0 fully saturated rings. The first kappa shape index (κ1) is 25.8. The van der Waals surface area contributed by atoms with Gasteiger partial charge < -0.3 is 19.7 Å². The Hall–Kier alpha value is -4.32. The number of aliphatic carboxylic acids is 1. The molecule has 37 heavy (non-hydrogen) atoms. The van der Waals surface area contributed by atoms with Crippen LogP contribution >= 0.6 is 0 Å². The van der Waals surface area contributed by atoms with Gasteiger partial charge in [0, 0.05) is 29.6 Å². The third-order valence-corrected chi connectivity index (χ3v) is 6.52. The summed E-state index contributed by atoms with van der Waals surface area (Å²) in [6.07, 6.45) is 4.12. The van der Waals surface area contributed by atoms with Crippen LogP contribution in [0.15, 0.2) is 85.1 Å². The number of ether oxygens (including phenoxy) is 1. The van der Waals surface area contributed by atoms with Crippen molar-refractivity contribution < 1.29 is 19.4 Å². The van der Waals surface area contributed by atoms with Crippen LogP contribution in [0.3, 0.4) is 0 Å². The smallest absolute Gasteiger partial charge is 0.303 e. The number of carboxylic acids is 1. The van der Waals surface area contributed by atoms with Crippen LogP contribution in [0.2, 0.25) is 0 Å². The van der Waals surface area contributed by atoms with Crippen molar-refractivity contribution in [1.29, 1.82) is 0 Å². The van der Waals surface area contributed by atoms with E-state index in [1.54, 1.807) is 18.2 Å². The number of allylic oxidation sites excluding steroid dienone is 1. The van der Waals surface area contributed by atoms with Crippen molar-refractivity contribution in [3.05, 3.63) is 102 Å². The van der Waals surface area contributed by atoms with E-state index in [0.29, 0.717) is 17.9 Å². The van der Waals surface area contributed by atoms with Crippen LogP contribution in [0.1, 0.15) is 49.4 Å². The van der Waals surface area contributed by atoms with Crippen molar-refractivity contribution in [2.75, 3.05) is 11.9 Å². The molecule has 0 saturated carbocycles. The van der Waals surface area contributed by atoms with E-state index >= 15 is 0 Å². The summed E-state index contributed by atoms with van der Waals surface area (Å²) in [5.41, 5.74) is 6.07. The van der Waals surface area contributed by atoms with E-state index < -0.39 is 5.97 Å². The van der Waals surface area contributed by atoms with Crippen LogP contribution in [0.4, 0.5) is 5.69 Å². The molecule has 0 aliphatic carbocycles. The number of rotatable bonds is 10. The Kier molecular flexibility index (Phi) is 8.08. The molecular formula is C31H32N2O4. The summed E-state index contributed by atoms with van der Waals surface area (Å²) in [5, 5.41) is 12.8. The lowest BCUT2D eigenvalue weighted by Crippen LogP contribution is -2.11. The van der Waals surface area contributed by atoms with Crippen LogP contribution in [0, 0.1) is 6.92 Å². The van der Waals surface area contributed by atoms with Gasteiger partial charge in [-0.3, -0.25) is 9.59 Å². The molecule has 3 aromatic carbocycles. The quantitative estimate of drug-likeness (QED) is 0.186. The van der Waals surface area contributed by atoms with E-state index in [2.05, 4.69) is 72.4 Å². The normalized spacial score (nSPS) is 12.4. The lowest BCUT2D eigenvalue weighted by atomic mass is 10.0. The molecule has 4 rings (SSSR count). The summed E-state index contributed by atoms with van der Waals surface area (Å²) in [6.45, 7) is 6.52. The van der Waals surface area contributed by atoms with Crippen LogP contribution in [-0.4, -0.2) is 28.2 Å². The second-order valence-corrected chi connectivity index (χ2v) is 9.19. The van der Waals surface area contributed by atoms with E-state index in [9.17, 15) is 9.59 Å². The first-order valence-electron chi connectivity index (χ1n) is 12.4. The highest BCUT2D eigenvalue weighted by Gasteiger charge is 2.13. The molecule has 0 saturated heterocycles. The Bertz CT molecular complexity index is 1450. The second kappa shape index (κ2) is 11.6. The number of nitrogens with zero attached hydrogens (tertiary/aromatic N) is 1. The van der Waals surface area contributed by atoms with E-state index in [4.69, 9.17) is 9.84 Å². The lowest BCUT2D eigenvalue weighted by molar-refractivity contribution is -0.137. The molecule has 0 aliphatic rings. The van der Waals surface area contributed by atoms with Crippen molar-refractivity contribution in [3.8, 4) is 5.75 Å². The maximum atomic E-state index is 12.8. The zero-order valence-corrected chi connectivity index (χ0v) is 21.4. The summed E-state index contributed by atoms with van der Waals surface area (Å²) in [5.74, 6) is -0.607. The van der Waals surface area contributed by atoms with Crippen molar-refractivity contribution >= 4 is 34.0 Å². The highest BCUT2D eigenvalue weighted by Crippen LogP contribution is 2.29. The monoisotopic (exact) mass is 496 g/mol. The van der Waals surface area contributed by atoms with E-state index in [1.807, 2.05) is 25.1 Å². The number of nitrogens with one attached hydrogen (secondary N) is 1. The molecule has 1 atom stereocenters. The average Bonchev–Trinajstić information content (AvgIpc) is 3.30. The predicted octanol–water partition coefficient (Wildman–Crippen LogP) is 6.84. The number of hydrogen-bond acceptors (Lipinski definition) is 3. The molecular weight excluding hydrogens is 464 g/mol. The topological polar surface area (TPSA) is 80.6 Å². The number of amides is 1. The van der Waals surface area contributed by atoms with Crippen molar-refractivity contribution in [3.63, 3.8) is 0 Å². The van der Waals surface area contributed by atoms with Crippen LogP contribution in [0.25, 0.3) is 16.5 Å². The lowest BCUT2D eigenvalue weighted by Gasteiger charge is -2.18.